The van der Waals surface area contributed by atoms with E-state index in [1.807, 2.05) is 60.7 Å². The predicted octanol–water partition coefficient (Wildman–Crippen LogP) is 4.48. The molecule has 37 heavy (non-hydrogen) atoms. The van der Waals surface area contributed by atoms with Crippen LogP contribution in [0.1, 0.15) is 0 Å². The van der Waals surface area contributed by atoms with E-state index in [9.17, 15) is 5.11 Å². The molecule has 1 aliphatic rings. The van der Waals surface area contributed by atoms with Crippen molar-refractivity contribution >= 4 is 29.2 Å². The molecule has 1 heterocycles. The lowest BCUT2D eigenvalue weighted by Crippen LogP contribution is -2.47. The SMILES string of the molecule is N=C/C(=C(\CONc1ccc(Cl)cc1)Oc1ccc(-c2cccc(N)c2)cc1)N1CCN(CCO)CC1. The van der Waals surface area contributed by atoms with E-state index in [0.717, 1.165) is 43.0 Å². The summed E-state index contributed by atoms with van der Waals surface area (Å²) < 4.78 is 6.29. The molecule has 0 atom stereocenters. The van der Waals surface area contributed by atoms with Gasteiger partial charge in [-0.05, 0) is 59.7 Å². The Morgan fingerprint density at radius 3 is 2.38 bits per heavy atom. The highest BCUT2D eigenvalue weighted by atomic mass is 35.5. The molecule has 3 aromatic rings. The number of nitrogens with two attached hydrogens (primary N) is 1. The first-order chi connectivity index (χ1) is 18.1. The van der Waals surface area contributed by atoms with E-state index >= 15 is 0 Å². The first kappa shape index (κ1) is 26.5. The molecule has 4 rings (SSSR count). The first-order valence-corrected chi connectivity index (χ1v) is 12.5. The van der Waals surface area contributed by atoms with Gasteiger partial charge in [-0.3, -0.25) is 15.2 Å². The van der Waals surface area contributed by atoms with Crippen LogP contribution in [0.2, 0.25) is 5.02 Å². The van der Waals surface area contributed by atoms with Gasteiger partial charge in [0.2, 0.25) is 0 Å². The number of nitrogens with zero attached hydrogens (tertiary/aromatic N) is 2. The number of hydrogen-bond donors (Lipinski definition) is 4. The van der Waals surface area contributed by atoms with Crippen LogP contribution in [-0.2, 0) is 4.84 Å². The molecule has 1 saturated heterocycles. The number of nitrogens with one attached hydrogen (secondary N) is 2. The number of aliphatic hydroxyl groups excluding tert-OH is 1. The van der Waals surface area contributed by atoms with Gasteiger partial charge in [-0.25, -0.2) is 0 Å². The smallest absolute Gasteiger partial charge is 0.157 e. The largest absolute Gasteiger partial charge is 0.457 e. The van der Waals surface area contributed by atoms with Crippen LogP contribution in [0.4, 0.5) is 11.4 Å². The van der Waals surface area contributed by atoms with Crippen LogP contribution in [0.15, 0.2) is 84.3 Å². The van der Waals surface area contributed by atoms with Gasteiger partial charge in [0, 0.05) is 49.6 Å². The fourth-order valence-electron chi connectivity index (χ4n) is 4.14. The average Bonchev–Trinajstić information content (AvgIpc) is 2.91. The second-order valence-electron chi connectivity index (χ2n) is 8.65. The van der Waals surface area contributed by atoms with E-state index in [4.69, 9.17) is 32.3 Å². The predicted molar refractivity (Wildman–Crippen MR) is 149 cm³/mol. The summed E-state index contributed by atoms with van der Waals surface area (Å²) in [6.07, 6.45) is 1.31. The molecule has 194 valence electrons. The Kier molecular flexibility index (Phi) is 9.40. The number of rotatable bonds is 11. The molecule has 5 N–H and O–H groups in total. The Labute approximate surface area is 222 Å². The summed E-state index contributed by atoms with van der Waals surface area (Å²) in [5.74, 6) is 1.15. The van der Waals surface area contributed by atoms with Gasteiger partial charge in [0.1, 0.15) is 12.4 Å². The molecule has 0 amide bonds. The van der Waals surface area contributed by atoms with E-state index in [0.29, 0.717) is 34.5 Å². The minimum Gasteiger partial charge on any atom is -0.457 e. The van der Waals surface area contributed by atoms with E-state index in [1.165, 1.54) is 6.21 Å². The van der Waals surface area contributed by atoms with Gasteiger partial charge in [0.15, 0.2) is 5.76 Å². The Balaban J connectivity index is 1.52. The normalized spacial score (nSPS) is 14.7. The van der Waals surface area contributed by atoms with Crippen molar-refractivity contribution in [3.63, 3.8) is 0 Å². The van der Waals surface area contributed by atoms with Crippen molar-refractivity contribution < 1.29 is 14.7 Å². The first-order valence-electron chi connectivity index (χ1n) is 12.1. The zero-order chi connectivity index (χ0) is 26.0. The van der Waals surface area contributed by atoms with Gasteiger partial charge in [-0.2, -0.15) is 0 Å². The second-order valence-corrected chi connectivity index (χ2v) is 9.09. The van der Waals surface area contributed by atoms with Crippen molar-refractivity contribution in [3.05, 3.63) is 89.3 Å². The fourth-order valence-corrected chi connectivity index (χ4v) is 4.26. The third-order valence-corrected chi connectivity index (χ3v) is 6.36. The molecule has 1 aliphatic heterocycles. The summed E-state index contributed by atoms with van der Waals surface area (Å²) in [7, 11) is 0. The molecular formula is C28H32ClN5O3. The fraction of sp³-hybridized carbons (Fsp3) is 0.250. The maximum Gasteiger partial charge on any atom is 0.157 e. The van der Waals surface area contributed by atoms with E-state index in [2.05, 4.69) is 15.3 Å². The average molecular weight is 522 g/mol. The number of benzene rings is 3. The van der Waals surface area contributed by atoms with Crippen LogP contribution in [0.3, 0.4) is 0 Å². The van der Waals surface area contributed by atoms with Gasteiger partial charge in [-0.15, -0.1) is 0 Å². The highest BCUT2D eigenvalue weighted by Crippen LogP contribution is 2.26. The van der Waals surface area contributed by atoms with Crippen LogP contribution < -0.4 is 16.0 Å². The van der Waals surface area contributed by atoms with Crippen LogP contribution in [-0.4, -0.2) is 67.1 Å². The number of aliphatic hydroxyl groups is 1. The summed E-state index contributed by atoms with van der Waals surface area (Å²) >= 11 is 5.97. The lowest BCUT2D eigenvalue weighted by atomic mass is 10.1. The molecule has 0 spiro atoms. The summed E-state index contributed by atoms with van der Waals surface area (Å²) in [5.41, 5.74) is 13.0. The lowest BCUT2D eigenvalue weighted by Gasteiger charge is -2.36. The van der Waals surface area contributed by atoms with Crippen LogP contribution in [0.5, 0.6) is 5.75 Å². The Morgan fingerprint density at radius 2 is 1.73 bits per heavy atom. The molecule has 0 aliphatic carbocycles. The number of hydrogen-bond acceptors (Lipinski definition) is 8. The van der Waals surface area contributed by atoms with Crippen LogP contribution >= 0.6 is 11.6 Å². The summed E-state index contributed by atoms with van der Waals surface area (Å²) in [5, 5.41) is 18.0. The zero-order valence-corrected chi connectivity index (χ0v) is 21.3. The maximum absolute atomic E-state index is 9.25. The Morgan fingerprint density at radius 1 is 1.00 bits per heavy atom. The monoisotopic (exact) mass is 521 g/mol. The summed E-state index contributed by atoms with van der Waals surface area (Å²) in [6, 6.07) is 22.7. The molecule has 0 radical (unpaired) electrons. The molecule has 1 fully saturated rings. The number of nitrogen functional groups attached to an aromatic ring is 1. The van der Waals surface area contributed by atoms with E-state index < -0.39 is 0 Å². The molecule has 0 unspecified atom stereocenters. The molecule has 3 aromatic carbocycles. The van der Waals surface area contributed by atoms with E-state index in [-0.39, 0.29) is 13.2 Å². The third kappa shape index (κ3) is 7.47. The number of β-amino-alcohol motifs (C(OH)–C–C–N with tert-alkyl or cyclic N) is 1. The third-order valence-electron chi connectivity index (χ3n) is 6.10. The quantitative estimate of drug-likeness (QED) is 0.127. The minimum atomic E-state index is 0.0984. The number of ether oxygens (including phenoxy) is 1. The molecule has 0 bridgehead atoms. The second kappa shape index (κ2) is 13.1. The standard InChI is InChI=1S/C28H32ClN5O3/c29-23-6-8-25(9-7-23)32-36-20-28(27(19-30)34-14-12-33(13-15-34)16-17-35)37-26-10-4-21(5-11-26)22-2-1-3-24(31)18-22/h1-11,18-19,30,32,35H,12-17,20,31H2/b28-27-,30-19?. The highest BCUT2D eigenvalue weighted by Gasteiger charge is 2.21. The van der Waals surface area contributed by atoms with Crippen molar-refractivity contribution in [2.45, 2.75) is 0 Å². The van der Waals surface area contributed by atoms with Crippen molar-refractivity contribution in [1.82, 2.24) is 9.80 Å². The molecular weight excluding hydrogens is 490 g/mol. The summed E-state index contributed by atoms with van der Waals surface area (Å²) in [4.78, 5) is 10.1. The van der Waals surface area contributed by atoms with Gasteiger partial charge in [0.25, 0.3) is 0 Å². The van der Waals surface area contributed by atoms with Crippen LogP contribution in [0.25, 0.3) is 11.1 Å². The lowest BCUT2D eigenvalue weighted by molar-refractivity contribution is 0.128. The van der Waals surface area contributed by atoms with Gasteiger partial charge >= 0.3 is 0 Å². The van der Waals surface area contributed by atoms with Crippen molar-refractivity contribution in [2.24, 2.45) is 0 Å². The molecule has 0 aromatic heterocycles. The number of allylic oxidation sites excluding steroid dienone is 1. The minimum absolute atomic E-state index is 0.0984. The number of piperazine rings is 1. The van der Waals surface area contributed by atoms with Gasteiger partial charge in [0.05, 0.1) is 18.0 Å². The Bertz CT molecular complexity index is 1190. The number of halogens is 1. The number of anilines is 2. The molecule has 9 heteroatoms. The topological polar surface area (TPSA) is 107 Å². The molecule has 8 nitrogen and oxygen atoms in total. The van der Waals surface area contributed by atoms with Crippen molar-refractivity contribution in [1.29, 1.82) is 5.41 Å². The highest BCUT2D eigenvalue weighted by molar-refractivity contribution is 6.30. The van der Waals surface area contributed by atoms with Gasteiger partial charge < -0.3 is 25.9 Å². The zero-order valence-electron chi connectivity index (χ0n) is 20.6. The maximum atomic E-state index is 9.25. The van der Waals surface area contributed by atoms with E-state index in [1.54, 1.807) is 12.1 Å². The molecule has 0 saturated carbocycles. The Hall–Kier alpha value is -3.56. The van der Waals surface area contributed by atoms with Crippen molar-refractivity contribution in [2.75, 3.05) is 57.2 Å². The summed E-state index contributed by atoms with van der Waals surface area (Å²) in [6.45, 7) is 3.91. The van der Waals surface area contributed by atoms with Gasteiger partial charge in [-0.1, -0.05) is 35.9 Å². The van der Waals surface area contributed by atoms with Crippen molar-refractivity contribution in [3.8, 4) is 16.9 Å². The van der Waals surface area contributed by atoms with Crippen LogP contribution in [0, 0.1) is 5.41 Å².